The van der Waals surface area contributed by atoms with Gasteiger partial charge in [0.2, 0.25) is 0 Å². The zero-order chi connectivity index (χ0) is 18.5. The fourth-order valence-electron chi connectivity index (χ4n) is 2.64. The third kappa shape index (κ3) is 10.0. The van der Waals surface area contributed by atoms with Crippen molar-refractivity contribution in [2.24, 2.45) is 0 Å². The molecule has 2 unspecified atom stereocenters. The molecule has 0 aliphatic rings. The van der Waals surface area contributed by atoms with Gasteiger partial charge in [-0.2, -0.15) is 9.79 Å². The number of rotatable bonds is 14. The SMILES string of the molecule is CCCCCCCCCCOc1cccc(CC([P+](=O)O)[P+](=O)O)c1. The van der Waals surface area contributed by atoms with Crippen LogP contribution in [0, 0.1) is 0 Å². The summed E-state index contributed by atoms with van der Waals surface area (Å²) in [5.41, 5.74) is 0.730. The van der Waals surface area contributed by atoms with Crippen LogP contribution < -0.4 is 4.74 Å². The van der Waals surface area contributed by atoms with Crippen LogP contribution in [0.1, 0.15) is 63.9 Å². The predicted octanol–water partition coefficient (Wildman–Crippen LogP) is 5.54. The van der Waals surface area contributed by atoms with Crippen LogP contribution in [-0.2, 0) is 15.6 Å². The zero-order valence-electron chi connectivity index (χ0n) is 15.0. The van der Waals surface area contributed by atoms with Gasteiger partial charge in [0, 0.05) is 0 Å². The molecule has 0 spiro atoms. The summed E-state index contributed by atoms with van der Waals surface area (Å²) in [6, 6.07) is 7.18. The molecule has 1 rings (SSSR count). The molecule has 5 nitrogen and oxygen atoms in total. The highest BCUT2D eigenvalue weighted by molar-refractivity contribution is 7.57. The van der Waals surface area contributed by atoms with E-state index in [-0.39, 0.29) is 6.42 Å². The van der Waals surface area contributed by atoms with Gasteiger partial charge in [-0.1, -0.05) is 64.0 Å². The second-order valence-corrected chi connectivity index (χ2v) is 9.12. The van der Waals surface area contributed by atoms with Crippen molar-refractivity contribution in [3.8, 4) is 5.75 Å². The summed E-state index contributed by atoms with van der Waals surface area (Å²) in [6.45, 7) is 2.87. The average molecular weight is 388 g/mol. The van der Waals surface area contributed by atoms with Crippen LogP contribution in [0.4, 0.5) is 0 Å². The number of ether oxygens (including phenoxy) is 1. The van der Waals surface area contributed by atoms with Crippen LogP contribution in [-0.4, -0.2) is 21.8 Å². The van der Waals surface area contributed by atoms with Gasteiger partial charge in [0.1, 0.15) is 5.75 Å². The maximum absolute atomic E-state index is 11.2. The van der Waals surface area contributed by atoms with Crippen molar-refractivity contribution in [1.82, 2.24) is 0 Å². The largest absolute Gasteiger partial charge is 0.564 e. The van der Waals surface area contributed by atoms with Crippen LogP contribution in [0.15, 0.2) is 24.3 Å². The summed E-state index contributed by atoms with van der Waals surface area (Å²) < 4.78 is 28.0. The second kappa shape index (κ2) is 13.4. The lowest BCUT2D eigenvalue weighted by Crippen LogP contribution is -2.03. The first-order valence-electron chi connectivity index (χ1n) is 9.06. The quantitative estimate of drug-likeness (QED) is 0.323. The molecule has 0 heterocycles. The average Bonchev–Trinajstić information content (AvgIpc) is 2.58. The molecular weight excluding hydrogens is 358 g/mol. The van der Waals surface area contributed by atoms with Gasteiger partial charge in [0.15, 0.2) is 0 Å². The smallest absolute Gasteiger partial charge is 0.494 e. The first-order valence-corrected chi connectivity index (χ1v) is 11.6. The van der Waals surface area contributed by atoms with E-state index >= 15 is 0 Å². The van der Waals surface area contributed by atoms with E-state index in [1.807, 2.05) is 6.07 Å². The van der Waals surface area contributed by atoms with E-state index < -0.39 is 21.5 Å². The Morgan fingerprint density at radius 2 is 1.56 bits per heavy atom. The molecular formula is C18H30O5P2+2. The molecule has 1 aromatic carbocycles. The van der Waals surface area contributed by atoms with E-state index in [0.717, 1.165) is 18.4 Å². The summed E-state index contributed by atoms with van der Waals surface area (Å²) in [7, 11) is -5.37. The van der Waals surface area contributed by atoms with Gasteiger partial charge in [-0.3, -0.25) is 0 Å². The number of hydrogen-bond acceptors (Lipinski definition) is 3. The second-order valence-electron chi connectivity index (χ2n) is 6.26. The minimum atomic E-state index is -2.69. The standard InChI is InChI=1S/C18H28O5P2/c1-2-3-4-5-6-7-8-9-13-23-17-12-10-11-16(14-17)15-18(24(19)20)25(21)22/h10-12,14,18H,2-9,13,15H2,1H3/p+2. The number of benzene rings is 1. The van der Waals surface area contributed by atoms with Crippen LogP contribution in [0.3, 0.4) is 0 Å². The molecule has 2 atom stereocenters. The molecule has 0 fully saturated rings. The van der Waals surface area contributed by atoms with Crippen molar-refractivity contribution in [3.63, 3.8) is 0 Å². The Morgan fingerprint density at radius 1 is 0.960 bits per heavy atom. The van der Waals surface area contributed by atoms with Crippen molar-refractivity contribution in [3.05, 3.63) is 29.8 Å². The molecule has 2 N–H and O–H groups in total. The molecule has 0 radical (unpaired) electrons. The first-order chi connectivity index (χ1) is 12.0. The van der Waals surface area contributed by atoms with Gasteiger partial charge < -0.3 is 4.74 Å². The van der Waals surface area contributed by atoms with Crippen LogP contribution in [0.25, 0.3) is 0 Å². The molecule has 25 heavy (non-hydrogen) atoms. The lowest BCUT2D eigenvalue weighted by atomic mass is 10.1. The molecule has 0 saturated heterocycles. The molecule has 0 amide bonds. The summed E-state index contributed by atoms with van der Waals surface area (Å²) >= 11 is 0. The molecule has 0 aliphatic carbocycles. The lowest BCUT2D eigenvalue weighted by molar-refractivity contribution is 0.304. The maximum Gasteiger partial charge on any atom is 0.564 e. The highest BCUT2D eigenvalue weighted by Crippen LogP contribution is 2.41. The molecule has 0 bridgehead atoms. The van der Waals surface area contributed by atoms with Crippen LogP contribution in [0.2, 0.25) is 0 Å². The topological polar surface area (TPSA) is 83.8 Å². The Kier molecular flexibility index (Phi) is 11.9. The Bertz CT molecular complexity index is 522. The third-order valence-corrected chi connectivity index (χ3v) is 6.66. The first kappa shape index (κ1) is 22.2. The minimum absolute atomic E-state index is 0.0897. The highest BCUT2D eigenvalue weighted by atomic mass is 31.2. The van der Waals surface area contributed by atoms with E-state index in [1.54, 1.807) is 18.2 Å². The third-order valence-electron chi connectivity index (χ3n) is 4.09. The molecule has 0 saturated carbocycles. The maximum atomic E-state index is 11.2. The highest BCUT2D eigenvalue weighted by Gasteiger charge is 2.47. The molecule has 0 aromatic heterocycles. The fraction of sp³-hybridized carbons (Fsp3) is 0.667. The van der Waals surface area contributed by atoms with E-state index in [9.17, 15) is 9.13 Å². The van der Waals surface area contributed by atoms with Crippen molar-refractivity contribution in [2.45, 2.75) is 70.1 Å². The number of unbranched alkanes of at least 4 members (excludes halogenated alkanes) is 7. The van der Waals surface area contributed by atoms with E-state index in [1.165, 1.54) is 38.5 Å². The van der Waals surface area contributed by atoms with Gasteiger partial charge in [-0.25, -0.2) is 0 Å². The van der Waals surface area contributed by atoms with Crippen molar-refractivity contribution >= 4 is 16.1 Å². The monoisotopic (exact) mass is 388 g/mol. The van der Waals surface area contributed by atoms with E-state index in [4.69, 9.17) is 14.5 Å². The molecule has 0 aliphatic heterocycles. The normalized spacial score (nSPS) is 13.4. The predicted molar refractivity (Wildman–Crippen MR) is 102 cm³/mol. The molecule has 140 valence electrons. The summed E-state index contributed by atoms with van der Waals surface area (Å²) in [4.78, 5) is 18.3. The zero-order valence-corrected chi connectivity index (χ0v) is 16.8. The molecule has 1 aromatic rings. The van der Waals surface area contributed by atoms with Crippen molar-refractivity contribution in [2.75, 3.05) is 6.61 Å². The van der Waals surface area contributed by atoms with Crippen LogP contribution in [0.5, 0.6) is 5.75 Å². The van der Waals surface area contributed by atoms with Crippen molar-refractivity contribution in [1.29, 1.82) is 0 Å². The van der Waals surface area contributed by atoms with Gasteiger partial charge in [0.25, 0.3) is 0 Å². The minimum Gasteiger partial charge on any atom is -0.494 e. The Balaban J connectivity index is 2.29. The van der Waals surface area contributed by atoms with Crippen molar-refractivity contribution < 1.29 is 23.7 Å². The summed E-state index contributed by atoms with van der Waals surface area (Å²) in [5, 5.41) is -1.13. The van der Waals surface area contributed by atoms with Gasteiger partial charge in [-0.15, -0.1) is 0 Å². The van der Waals surface area contributed by atoms with Gasteiger partial charge in [-0.05, 0) is 33.2 Å². The van der Waals surface area contributed by atoms with Gasteiger partial charge >= 0.3 is 21.5 Å². The summed E-state index contributed by atoms with van der Waals surface area (Å²) in [6.07, 6.45) is 10.0. The summed E-state index contributed by atoms with van der Waals surface area (Å²) in [5.74, 6) is 0.695. The Hall–Kier alpha value is -0.860. The lowest BCUT2D eigenvalue weighted by Gasteiger charge is -2.07. The Morgan fingerprint density at radius 3 is 2.16 bits per heavy atom. The fourth-order valence-corrected chi connectivity index (χ4v) is 4.05. The van der Waals surface area contributed by atoms with Gasteiger partial charge in [0.05, 0.1) is 13.0 Å². The van der Waals surface area contributed by atoms with E-state index in [0.29, 0.717) is 12.4 Å². The van der Waals surface area contributed by atoms with E-state index in [2.05, 4.69) is 6.92 Å². The molecule has 7 heteroatoms. The Labute approximate surface area is 152 Å². The number of hydrogen-bond donors (Lipinski definition) is 2. The van der Waals surface area contributed by atoms with Crippen LogP contribution >= 0.6 is 16.1 Å².